The van der Waals surface area contributed by atoms with Gasteiger partial charge in [0.1, 0.15) is 0 Å². The second-order valence-electron chi connectivity index (χ2n) is 2.32. The zero-order valence-electron chi connectivity index (χ0n) is 7.28. The van der Waals surface area contributed by atoms with Crippen LogP contribution in [0.2, 0.25) is 0 Å². The third kappa shape index (κ3) is 3.96. The lowest BCUT2D eigenvalue weighted by atomic mass is 10.5. The van der Waals surface area contributed by atoms with Gasteiger partial charge in [-0.3, -0.25) is 19.8 Å². The van der Waals surface area contributed by atoms with Gasteiger partial charge in [0.05, 0.1) is 0 Å². The van der Waals surface area contributed by atoms with Crippen LogP contribution in [-0.2, 0) is 0 Å². The van der Waals surface area contributed by atoms with E-state index in [1.165, 1.54) is 12.1 Å². The highest BCUT2D eigenvalue weighted by atomic mass is 16.1. The lowest BCUT2D eigenvalue weighted by molar-refractivity contribution is 0.767. The van der Waals surface area contributed by atoms with E-state index in [0.717, 1.165) is 0 Å². The molecule has 14 heavy (non-hydrogen) atoms. The number of hydrogen-bond acceptors (Lipinski definition) is 4. The van der Waals surface area contributed by atoms with Crippen molar-refractivity contribution in [1.82, 2.24) is 21.0 Å². The molecule has 1 aliphatic rings. The van der Waals surface area contributed by atoms with Gasteiger partial charge in [-0.2, -0.15) is 0 Å². The van der Waals surface area contributed by atoms with Crippen LogP contribution in [0.25, 0.3) is 0 Å². The highest BCUT2D eigenvalue weighted by Crippen LogP contribution is 1.73. The largest absolute Gasteiger partial charge is 0.309 e. The summed E-state index contributed by atoms with van der Waals surface area (Å²) in [6, 6.07) is 2.33. The number of hydrogen-bond donors (Lipinski definition) is 4. The Morgan fingerprint density at radius 3 is 1.43 bits per heavy atom. The summed E-state index contributed by atoms with van der Waals surface area (Å²) in [5.41, 5.74) is 4.93. The van der Waals surface area contributed by atoms with Gasteiger partial charge in [-0.15, -0.1) is 0 Å². The lowest BCUT2D eigenvalue weighted by Gasteiger charge is -1.99. The standard InChI is InChI=1S/C4H4N2O2.C4H6N2/c7-3-1-2-4(8)6-5-3;1-2-4-6-5-3-1/h1-2H,(H,5,7)(H,6,8);1-6H. The smallest absolute Gasteiger partial charge is 0.262 e. The Labute approximate surface area is 79.3 Å². The molecule has 0 radical (unpaired) electrons. The van der Waals surface area contributed by atoms with Gasteiger partial charge in [0.15, 0.2) is 0 Å². The Balaban J connectivity index is 0.000000146. The fourth-order valence-corrected chi connectivity index (χ4v) is 0.661. The summed E-state index contributed by atoms with van der Waals surface area (Å²) >= 11 is 0. The van der Waals surface area contributed by atoms with E-state index in [0.29, 0.717) is 0 Å². The van der Waals surface area contributed by atoms with Crippen molar-refractivity contribution in [3.05, 3.63) is 57.4 Å². The molecule has 0 aromatic carbocycles. The summed E-state index contributed by atoms with van der Waals surface area (Å²) in [5.74, 6) is 0. The van der Waals surface area contributed by atoms with Gasteiger partial charge in [0.2, 0.25) is 0 Å². The summed E-state index contributed by atoms with van der Waals surface area (Å²) < 4.78 is 0. The molecule has 0 spiro atoms. The first-order valence-corrected chi connectivity index (χ1v) is 3.90. The number of nitrogens with one attached hydrogen (secondary N) is 4. The van der Waals surface area contributed by atoms with Crippen molar-refractivity contribution in [1.29, 1.82) is 0 Å². The monoisotopic (exact) mass is 194 g/mol. The molecule has 0 unspecified atom stereocenters. The summed E-state index contributed by atoms with van der Waals surface area (Å²) in [7, 11) is 0. The van der Waals surface area contributed by atoms with Crippen molar-refractivity contribution in [2.24, 2.45) is 0 Å². The average Bonchev–Trinajstić information content (AvgIpc) is 2.26. The quantitative estimate of drug-likeness (QED) is 0.434. The molecule has 1 aromatic rings. The summed E-state index contributed by atoms with van der Waals surface area (Å²) in [4.78, 5) is 20.4. The molecular weight excluding hydrogens is 184 g/mol. The Bertz CT molecular complexity index is 365. The highest BCUT2D eigenvalue weighted by molar-refractivity contribution is 5.03. The molecule has 4 N–H and O–H groups in total. The Morgan fingerprint density at radius 1 is 0.786 bits per heavy atom. The number of aromatic nitrogens is 2. The van der Waals surface area contributed by atoms with Gasteiger partial charge in [-0.25, -0.2) is 0 Å². The Hall–Kier alpha value is -2.24. The van der Waals surface area contributed by atoms with Crippen molar-refractivity contribution in [2.75, 3.05) is 0 Å². The van der Waals surface area contributed by atoms with E-state index in [4.69, 9.17) is 0 Å². The summed E-state index contributed by atoms with van der Waals surface area (Å²) in [5, 5.41) is 4.21. The van der Waals surface area contributed by atoms with Gasteiger partial charge < -0.3 is 10.9 Å². The molecule has 74 valence electrons. The maximum absolute atomic E-state index is 10.2. The fraction of sp³-hybridized carbons (Fsp3) is 0. The normalized spacial score (nSPS) is 12.0. The van der Waals surface area contributed by atoms with Crippen molar-refractivity contribution in [3.63, 3.8) is 0 Å². The van der Waals surface area contributed by atoms with Crippen LogP contribution in [0, 0.1) is 0 Å². The van der Waals surface area contributed by atoms with Crippen LogP contribution in [0.4, 0.5) is 0 Å². The van der Waals surface area contributed by atoms with Crippen LogP contribution >= 0.6 is 0 Å². The maximum atomic E-state index is 10.2. The van der Waals surface area contributed by atoms with Crippen molar-refractivity contribution < 1.29 is 0 Å². The molecule has 0 amide bonds. The van der Waals surface area contributed by atoms with Gasteiger partial charge in [-0.05, 0) is 12.2 Å². The SMILES string of the molecule is C1=CNNC=C1.O=c1ccc(=O)[nH][nH]1. The molecule has 0 bridgehead atoms. The van der Waals surface area contributed by atoms with Gasteiger partial charge in [0, 0.05) is 24.5 Å². The maximum Gasteiger partial charge on any atom is 0.262 e. The molecule has 0 saturated heterocycles. The van der Waals surface area contributed by atoms with Crippen molar-refractivity contribution >= 4 is 0 Å². The minimum atomic E-state index is -0.301. The minimum Gasteiger partial charge on any atom is -0.309 e. The topological polar surface area (TPSA) is 89.8 Å². The zero-order chi connectivity index (χ0) is 10.2. The molecule has 1 aliphatic heterocycles. The first kappa shape index (κ1) is 9.85. The van der Waals surface area contributed by atoms with Gasteiger partial charge >= 0.3 is 0 Å². The first-order chi connectivity index (χ1) is 6.79. The summed E-state index contributed by atoms with van der Waals surface area (Å²) in [6.07, 6.45) is 7.47. The van der Waals surface area contributed by atoms with Crippen LogP contribution < -0.4 is 22.0 Å². The van der Waals surface area contributed by atoms with E-state index in [1.54, 1.807) is 0 Å². The molecule has 0 atom stereocenters. The fourth-order valence-electron chi connectivity index (χ4n) is 0.661. The number of aromatic amines is 2. The number of hydrazine groups is 1. The second kappa shape index (κ2) is 5.41. The number of allylic oxidation sites excluding steroid dienone is 2. The van der Waals surface area contributed by atoms with Crippen LogP contribution in [0.3, 0.4) is 0 Å². The molecular formula is C8H10N4O2. The third-order valence-corrected chi connectivity index (χ3v) is 1.25. The van der Waals surface area contributed by atoms with Crippen LogP contribution in [0.5, 0.6) is 0 Å². The van der Waals surface area contributed by atoms with E-state index in [2.05, 4.69) is 21.0 Å². The van der Waals surface area contributed by atoms with Crippen LogP contribution in [0.15, 0.2) is 46.3 Å². The lowest BCUT2D eigenvalue weighted by Crippen LogP contribution is -2.21. The van der Waals surface area contributed by atoms with Gasteiger partial charge in [-0.1, -0.05) is 0 Å². The predicted molar refractivity (Wildman–Crippen MR) is 52.2 cm³/mol. The molecule has 2 rings (SSSR count). The number of H-pyrrole nitrogens is 2. The van der Waals surface area contributed by atoms with E-state index < -0.39 is 0 Å². The molecule has 1 aromatic heterocycles. The minimum absolute atomic E-state index is 0.301. The van der Waals surface area contributed by atoms with E-state index in [1.807, 2.05) is 24.6 Å². The third-order valence-electron chi connectivity index (χ3n) is 1.25. The Morgan fingerprint density at radius 2 is 1.21 bits per heavy atom. The molecule has 0 aliphatic carbocycles. The molecule has 2 heterocycles. The molecule has 6 heteroatoms. The molecule has 0 saturated carbocycles. The highest BCUT2D eigenvalue weighted by Gasteiger charge is 1.77. The second-order valence-corrected chi connectivity index (χ2v) is 2.32. The van der Waals surface area contributed by atoms with E-state index >= 15 is 0 Å². The molecule has 6 nitrogen and oxygen atoms in total. The average molecular weight is 194 g/mol. The predicted octanol–water partition coefficient (Wildman–Crippen LogP) is -0.815. The van der Waals surface area contributed by atoms with Crippen molar-refractivity contribution in [3.8, 4) is 0 Å². The zero-order valence-corrected chi connectivity index (χ0v) is 7.28. The number of rotatable bonds is 0. The van der Waals surface area contributed by atoms with Gasteiger partial charge in [0.25, 0.3) is 11.1 Å². The first-order valence-electron chi connectivity index (χ1n) is 3.90. The summed E-state index contributed by atoms with van der Waals surface area (Å²) in [6.45, 7) is 0. The Kier molecular flexibility index (Phi) is 3.81. The van der Waals surface area contributed by atoms with Crippen molar-refractivity contribution in [2.45, 2.75) is 0 Å². The molecule has 0 fully saturated rings. The van der Waals surface area contributed by atoms with E-state index in [9.17, 15) is 9.59 Å². The van der Waals surface area contributed by atoms with E-state index in [-0.39, 0.29) is 11.1 Å². The van der Waals surface area contributed by atoms with Crippen LogP contribution in [-0.4, -0.2) is 10.2 Å². The van der Waals surface area contributed by atoms with Crippen LogP contribution in [0.1, 0.15) is 0 Å².